The van der Waals surface area contributed by atoms with Crippen molar-refractivity contribution >= 4 is 26.0 Å². The molecule has 3 rings (SSSR count). The van der Waals surface area contributed by atoms with Gasteiger partial charge >= 0.3 is 0 Å². The summed E-state index contributed by atoms with van der Waals surface area (Å²) in [6.45, 7) is 0. The van der Waals surface area contributed by atoms with Gasteiger partial charge in [0.15, 0.2) is 5.82 Å². The molecule has 0 bridgehead atoms. The van der Waals surface area contributed by atoms with Gasteiger partial charge in [0, 0.05) is 11.2 Å². The van der Waals surface area contributed by atoms with Gasteiger partial charge in [0.05, 0.1) is 4.90 Å². The van der Waals surface area contributed by atoms with Gasteiger partial charge in [0.25, 0.3) is 10.0 Å². The number of hydrogen-bond acceptors (Lipinski definition) is 4. The molecule has 0 amide bonds. The summed E-state index contributed by atoms with van der Waals surface area (Å²) in [5.74, 6) is 0.966. The number of rotatable bonds is 4. The largest absolute Gasteiger partial charge is 0.284 e. The Morgan fingerprint density at radius 2 is 1.95 bits per heavy atom. The maximum absolute atomic E-state index is 12.3. The van der Waals surface area contributed by atoms with E-state index in [1.165, 1.54) is 6.33 Å². The molecule has 1 aliphatic carbocycles. The molecular weight excluding hydrogens is 330 g/mol. The minimum absolute atomic E-state index is 0.226. The number of benzene rings is 1. The highest BCUT2D eigenvalue weighted by molar-refractivity contribution is 9.08. The van der Waals surface area contributed by atoms with Crippen LogP contribution in [0.2, 0.25) is 0 Å². The summed E-state index contributed by atoms with van der Waals surface area (Å²) in [5, 5.41) is 4.77. The highest BCUT2D eigenvalue weighted by Gasteiger charge is 2.29. The molecule has 19 heavy (non-hydrogen) atoms. The number of aromatic nitrogens is 3. The Morgan fingerprint density at radius 3 is 2.53 bits per heavy atom. The van der Waals surface area contributed by atoms with Crippen molar-refractivity contribution in [3.63, 3.8) is 0 Å². The van der Waals surface area contributed by atoms with Crippen molar-refractivity contribution in [2.24, 2.45) is 0 Å². The minimum Gasteiger partial charge on any atom is -0.218 e. The smallest absolute Gasteiger partial charge is 0.218 e. The van der Waals surface area contributed by atoms with Gasteiger partial charge < -0.3 is 0 Å². The average Bonchev–Trinajstić information content (AvgIpc) is 3.16. The Kier molecular flexibility index (Phi) is 3.18. The summed E-state index contributed by atoms with van der Waals surface area (Å²) in [6.07, 6.45) is 3.37. The van der Waals surface area contributed by atoms with Gasteiger partial charge in [0.1, 0.15) is 6.33 Å². The third-order valence-electron chi connectivity index (χ3n) is 3.05. The van der Waals surface area contributed by atoms with Gasteiger partial charge in [-0.15, -0.1) is 9.19 Å². The molecule has 7 heteroatoms. The van der Waals surface area contributed by atoms with Crippen LogP contribution in [-0.4, -0.2) is 22.6 Å². The van der Waals surface area contributed by atoms with Crippen LogP contribution in [0.25, 0.3) is 0 Å². The van der Waals surface area contributed by atoms with E-state index in [4.69, 9.17) is 0 Å². The maximum atomic E-state index is 12.3. The average molecular weight is 342 g/mol. The van der Waals surface area contributed by atoms with Gasteiger partial charge in [-0.2, -0.15) is 8.42 Å². The SMILES string of the molecule is O=S(=O)(c1ccc(CBr)cc1)n1cnc(C2CC2)n1. The highest BCUT2D eigenvalue weighted by atomic mass is 79.9. The molecule has 1 aromatic carbocycles. The Labute approximate surface area is 119 Å². The Hall–Kier alpha value is -1.21. The fraction of sp³-hybridized carbons (Fsp3) is 0.333. The van der Waals surface area contributed by atoms with Crippen molar-refractivity contribution in [1.29, 1.82) is 0 Å². The monoisotopic (exact) mass is 341 g/mol. The Balaban J connectivity index is 1.95. The topological polar surface area (TPSA) is 64.8 Å². The molecule has 0 spiro atoms. The van der Waals surface area contributed by atoms with Crippen molar-refractivity contribution in [3.8, 4) is 0 Å². The summed E-state index contributed by atoms with van der Waals surface area (Å²) in [7, 11) is -3.62. The van der Waals surface area contributed by atoms with Crippen LogP contribution < -0.4 is 0 Å². The van der Waals surface area contributed by atoms with Crippen LogP contribution in [0.4, 0.5) is 0 Å². The van der Waals surface area contributed by atoms with Crippen LogP contribution in [0.15, 0.2) is 35.5 Å². The van der Waals surface area contributed by atoms with Crippen LogP contribution in [0.3, 0.4) is 0 Å². The second-order valence-electron chi connectivity index (χ2n) is 4.53. The van der Waals surface area contributed by atoms with Gasteiger partial charge in [-0.3, -0.25) is 0 Å². The zero-order valence-electron chi connectivity index (χ0n) is 10.0. The van der Waals surface area contributed by atoms with Crippen molar-refractivity contribution in [3.05, 3.63) is 42.0 Å². The fourth-order valence-corrected chi connectivity index (χ4v) is 3.20. The van der Waals surface area contributed by atoms with Crippen molar-refractivity contribution in [2.45, 2.75) is 29.0 Å². The molecule has 0 N–H and O–H groups in total. The summed E-state index contributed by atoms with van der Waals surface area (Å²) in [5.41, 5.74) is 1.02. The van der Waals surface area contributed by atoms with Crippen LogP contribution in [0.5, 0.6) is 0 Å². The van der Waals surface area contributed by atoms with Crippen molar-refractivity contribution < 1.29 is 8.42 Å². The number of nitrogens with zero attached hydrogens (tertiary/aromatic N) is 3. The Morgan fingerprint density at radius 1 is 1.26 bits per heavy atom. The summed E-state index contributed by atoms with van der Waals surface area (Å²) in [6, 6.07) is 6.73. The van der Waals surface area contributed by atoms with E-state index in [0.29, 0.717) is 17.1 Å². The van der Waals surface area contributed by atoms with Crippen molar-refractivity contribution in [1.82, 2.24) is 14.2 Å². The summed E-state index contributed by atoms with van der Waals surface area (Å²) >= 11 is 3.33. The van der Waals surface area contributed by atoms with Gasteiger partial charge in [0.2, 0.25) is 0 Å². The predicted octanol–water partition coefficient (Wildman–Crippen LogP) is 2.29. The molecule has 2 aromatic rings. The molecule has 1 saturated carbocycles. The van der Waals surface area contributed by atoms with Crippen LogP contribution >= 0.6 is 15.9 Å². The molecule has 0 saturated heterocycles. The molecule has 1 heterocycles. The van der Waals surface area contributed by atoms with E-state index >= 15 is 0 Å². The molecule has 1 aromatic heterocycles. The molecule has 0 aliphatic heterocycles. The molecule has 100 valence electrons. The normalized spacial score (nSPS) is 15.6. The fourth-order valence-electron chi connectivity index (χ4n) is 1.76. The van der Waals surface area contributed by atoms with Gasteiger partial charge in [-0.05, 0) is 30.5 Å². The van der Waals surface area contributed by atoms with E-state index < -0.39 is 10.0 Å². The lowest BCUT2D eigenvalue weighted by molar-refractivity contribution is 0.579. The van der Waals surface area contributed by atoms with E-state index in [9.17, 15) is 8.42 Å². The first kappa shape index (κ1) is 12.8. The van der Waals surface area contributed by atoms with Crippen LogP contribution in [-0.2, 0) is 15.4 Å². The molecule has 1 aliphatic rings. The van der Waals surface area contributed by atoms with E-state index in [2.05, 4.69) is 26.0 Å². The zero-order chi connectivity index (χ0) is 13.5. The highest BCUT2D eigenvalue weighted by Crippen LogP contribution is 2.37. The maximum Gasteiger partial charge on any atom is 0.284 e. The molecule has 1 fully saturated rings. The first-order valence-corrected chi connectivity index (χ1v) is 8.49. The quantitative estimate of drug-likeness (QED) is 0.800. The lowest BCUT2D eigenvalue weighted by Gasteiger charge is -2.04. The lowest BCUT2D eigenvalue weighted by Crippen LogP contribution is -2.13. The third-order valence-corrected chi connectivity index (χ3v) is 5.24. The second kappa shape index (κ2) is 4.72. The number of hydrogen-bond donors (Lipinski definition) is 0. The van der Waals surface area contributed by atoms with E-state index in [0.717, 1.165) is 22.5 Å². The Bertz CT molecular complexity index is 690. The zero-order valence-corrected chi connectivity index (χ0v) is 12.4. The lowest BCUT2D eigenvalue weighted by atomic mass is 10.2. The second-order valence-corrected chi connectivity index (χ2v) is 6.89. The molecule has 0 atom stereocenters. The first-order valence-electron chi connectivity index (χ1n) is 5.93. The standard InChI is InChI=1S/C12H12BrN3O2S/c13-7-9-1-5-11(6-2-9)19(17,18)16-8-14-12(15-16)10-3-4-10/h1-2,5-6,8,10H,3-4,7H2. The molecule has 0 radical (unpaired) electrons. The van der Waals surface area contributed by atoms with E-state index in [1.807, 2.05) is 0 Å². The van der Waals surface area contributed by atoms with E-state index in [-0.39, 0.29) is 4.90 Å². The summed E-state index contributed by atoms with van der Waals surface area (Å²) in [4.78, 5) is 4.30. The number of alkyl halides is 1. The minimum atomic E-state index is -3.62. The summed E-state index contributed by atoms with van der Waals surface area (Å²) < 4.78 is 25.6. The van der Waals surface area contributed by atoms with E-state index in [1.54, 1.807) is 24.3 Å². The van der Waals surface area contributed by atoms with Crippen LogP contribution in [0.1, 0.15) is 30.1 Å². The van der Waals surface area contributed by atoms with Gasteiger partial charge in [-0.1, -0.05) is 28.1 Å². The molecule has 5 nitrogen and oxygen atoms in total. The van der Waals surface area contributed by atoms with Crippen LogP contribution in [0, 0.1) is 0 Å². The predicted molar refractivity (Wildman–Crippen MR) is 73.7 cm³/mol. The first-order chi connectivity index (χ1) is 9.11. The molecule has 0 unspecified atom stereocenters. The van der Waals surface area contributed by atoms with Crippen molar-refractivity contribution in [2.75, 3.05) is 0 Å². The molecular formula is C12H12BrN3O2S. The number of halogens is 1. The third kappa shape index (κ3) is 2.44. The van der Waals surface area contributed by atoms with Gasteiger partial charge in [-0.25, -0.2) is 4.98 Å².